The van der Waals surface area contributed by atoms with Crippen LogP contribution in [0.4, 0.5) is 0 Å². The van der Waals surface area contributed by atoms with Crippen molar-refractivity contribution in [1.29, 1.82) is 0 Å². The molecule has 0 aromatic heterocycles. The fraction of sp³-hybridized carbons (Fsp3) is 1.00. The first-order chi connectivity index (χ1) is 6.82. The Labute approximate surface area is 113 Å². The van der Waals surface area contributed by atoms with E-state index >= 15 is 0 Å². The van der Waals surface area contributed by atoms with Crippen molar-refractivity contribution in [3.63, 3.8) is 0 Å². The molecule has 2 heterocycles. The van der Waals surface area contributed by atoms with E-state index in [4.69, 9.17) is 4.74 Å². The molecule has 3 fully saturated rings. The fourth-order valence-electron chi connectivity index (χ4n) is 3.42. The van der Waals surface area contributed by atoms with Gasteiger partial charge in [0.25, 0.3) is 0 Å². The first kappa shape index (κ1) is 12.8. The standard InChI is InChI=1S/C11H20I2O2/c1-9(2)11(13(3)4)6-10(15-9,7-14-5)8(11)12/h8H,6-7H2,1-5H3/p+2/t8?,10-,11+/m1/s1. The van der Waals surface area contributed by atoms with E-state index in [1.54, 1.807) is 0 Å². The van der Waals surface area contributed by atoms with Crippen LogP contribution in [0, 0.1) is 0 Å². The van der Waals surface area contributed by atoms with E-state index in [-0.39, 0.29) is 11.2 Å². The third-order valence-electron chi connectivity index (χ3n) is 4.06. The maximum atomic E-state index is 5.13. The summed E-state index contributed by atoms with van der Waals surface area (Å²) in [5, 5.41) is 0. The topological polar surface area (TPSA) is 25.6 Å². The van der Waals surface area contributed by atoms with Crippen LogP contribution in [-0.4, -0.2) is 51.6 Å². The molecule has 3 atom stereocenters. The Bertz CT molecular complexity index is 280. The zero-order valence-electron chi connectivity index (χ0n) is 10.1. The summed E-state index contributed by atoms with van der Waals surface area (Å²) in [7, 11) is 1.92. The molecule has 15 heavy (non-hydrogen) atoms. The number of ether oxygens (including phenoxy) is 2. The average Bonchev–Trinajstić information content (AvgIpc) is 2.44. The van der Waals surface area contributed by atoms with Crippen LogP contribution in [0.3, 0.4) is 0 Å². The van der Waals surface area contributed by atoms with Crippen LogP contribution in [0.15, 0.2) is 0 Å². The minimum absolute atomic E-state index is 0.206. The molecule has 1 unspecified atom stereocenters. The number of hydrogen-bond acceptors (Lipinski definition) is 0. The number of fused-ring (bicyclic) bond motifs is 1. The number of rotatable bonds is 3. The summed E-state index contributed by atoms with van der Waals surface area (Å²) in [5.74, 6) is 0. The molecule has 0 amide bonds. The second-order valence-electron chi connectivity index (χ2n) is 5.41. The van der Waals surface area contributed by atoms with Crippen LogP contribution < -0.4 is 0 Å². The number of halogens is 2. The van der Waals surface area contributed by atoms with Crippen molar-refractivity contribution < 1.29 is 9.47 Å². The van der Waals surface area contributed by atoms with Crippen LogP contribution in [0.25, 0.3) is 0 Å². The van der Waals surface area contributed by atoms with E-state index in [0.29, 0.717) is 3.42 Å². The van der Waals surface area contributed by atoms with E-state index in [2.05, 4.69) is 51.0 Å². The quantitative estimate of drug-likeness (QED) is 0.365. The zero-order chi connectivity index (χ0) is 11.5. The van der Waals surface area contributed by atoms with Crippen molar-refractivity contribution in [3.8, 4) is 0 Å². The average molecular weight is 440 g/mol. The number of alkyl halides is 4. The van der Waals surface area contributed by atoms with Crippen LogP contribution in [0.1, 0.15) is 20.3 Å². The Balaban J connectivity index is 2.31. The third kappa shape index (κ3) is 1.40. The van der Waals surface area contributed by atoms with Gasteiger partial charge in [-0.15, -0.1) is 0 Å². The van der Waals surface area contributed by atoms with Crippen LogP contribution in [0.5, 0.6) is 0 Å². The summed E-state index contributed by atoms with van der Waals surface area (Å²) in [4.78, 5) is 5.01. The van der Waals surface area contributed by atoms with Gasteiger partial charge in [-0.05, 0) is 0 Å². The maximum absolute atomic E-state index is 5.13. The van der Waals surface area contributed by atoms with Crippen LogP contribution in [-0.2, 0) is 0 Å². The van der Waals surface area contributed by atoms with Crippen LogP contribution in [0.2, 0.25) is 0 Å². The van der Waals surface area contributed by atoms with Gasteiger partial charge in [-0.3, -0.25) is 0 Å². The normalized spacial score (nSPS) is 47.6. The molecule has 2 aliphatic heterocycles. The first-order valence-electron chi connectivity index (χ1n) is 5.26. The van der Waals surface area contributed by atoms with E-state index < -0.39 is 19.8 Å². The van der Waals surface area contributed by atoms with Gasteiger partial charge in [0.2, 0.25) is 0 Å². The van der Waals surface area contributed by atoms with Gasteiger partial charge in [-0.2, -0.15) is 0 Å². The Morgan fingerprint density at radius 3 is 2.40 bits per heavy atom. The molecule has 90 valence electrons. The van der Waals surface area contributed by atoms with Gasteiger partial charge >= 0.3 is 114 Å². The molecule has 1 saturated carbocycles. The molecule has 0 aromatic rings. The van der Waals surface area contributed by atoms with E-state index in [9.17, 15) is 0 Å². The van der Waals surface area contributed by atoms with E-state index in [0.717, 1.165) is 10.5 Å². The Hall–Kier alpha value is 1.38. The first-order valence-corrected chi connectivity index (χ1v) is 11.9. The molecule has 2 nitrogen and oxygen atoms in total. The van der Waals surface area contributed by atoms with Gasteiger partial charge in [0.15, 0.2) is 0 Å². The molecular formula is C11H22I2O2+2. The van der Waals surface area contributed by atoms with Gasteiger partial charge in [0.05, 0.1) is 0 Å². The summed E-state index contributed by atoms with van der Waals surface area (Å²) >= 11 is 1.82. The van der Waals surface area contributed by atoms with Gasteiger partial charge in [-0.1, -0.05) is 0 Å². The van der Waals surface area contributed by atoms with Crippen LogP contribution >= 0.6 is 42.4 Å². The van der Waals surface area contributed by atoms with E-state index in [1.807, 2.05) is 7.11 Å². The van der Waals surface area contributed by atoms with Crippen molar-refractivity contribution in [1.82, 2.24) is 0 Å². The van der Waals surface area contributed by atoms with Gasteiger partial charge in [0, 0.05) is 0 Å². The molecule has 2 bridgehead atoms. The molecule has 3 rings (SSSR count). The van der Waals surface area contributed by atoms with Crippen molar-refractivity contribution in [2.45, 2.75) is 38.8 Å². The van der Waals surface area contributed by atoms with Crippen molar-refractivity contribution in [3.05, 3.63) is 0 Å². The summed E-state index contributed by atoms with van der Waals surface area (Å²) in [6.07, 6.45) is 1.32. The Morgan fingerprint density at radius 1 is 1.47 bits per heavy atom. The molecule has 0 aromatic carbocycles. The number of aliphatic hydroxyl groups is 4. The molecule has 0 radical (unpaired) electrons. The van der Waals surface area contributed by atoms with Crippen molar-refractivity contribution in [2.75, 3.05) is 23.6 Å². The monoisotopic (exact) mass is 440 g/mol. The second-order valence-corrected chi connectivity index (χ2v) is 12.9. The molecule has 4 heteroatoms. The number of hydrogen-bond donors (Lipinski definition) is 0. The van der Waals surface area contributed by atoms with E-state index in [1.165, 1.54) is 6.42 Å². The molecule has 2 saturated heterocycles. The Kier molecular flexibility index (Phi) is 3.15. The minimum atomic E-state index is -0.843. The third-order valence-corrected chi connectivity index (χ3v) is 13.7. The summed E-state index contributed by atoms with van der Waals surface area (Å²) in [5.41, 5.74) is 0.415. The molecule has 3 aliphatic rings. The summed E-state index contributed by atoms with van der Waals surface area (Å²) in [6.45, 7) is 5.64. The summed E-state index contributed by atoms with van der Waals surface area (Å²) < 4.78 is 10.8. The predicted molar refractivity (Wildman–Crippen MR) is 83.1 cm³/mol. The molecule has 0 spiro atoms. The Morgan fingerprint density at radius 2 is 2.07 bits per heavy atom. The van der Waals surface area contributed by atoms with Crippen molar-refractivity contribution >= 4 is 42.4 Å². The van der Waals surface area contributed by atoms with Gasteiger partial charge in [0.1, 0.15) is 0 Å². The SMILES string of the molecule is C[OH+]C[C@]12C[C@](I(C)C)(C1I)C(C)(C)[OH+]2. The fourth-order valence-corrected chi connectivity index (χ4v) is 14.0. The van der Waals surface area contributed by atoms with Crippen molar-refractivity contribution in [2.24, 2.45) is 0 Å². The zero-order valence-corrected chi connectivity index (χ0v) is 14.5. The van der Waals surface area contributed by atoms with Gasteiger partial charge in [-0.25, -0.2) is 0 Å². The summed E-state index contributed by atoms with van der Waals surface area (Å²) in [6, 6.07) is 0. The second kappa shape index (κ2) is 3.68. The predicted octanol–water partition coefficient (Wildman–Crippen LogP) is 1.92. The molecule has 2 N–H and O–H groups in total. The molecule has 1 aliphatic carbocycles. The molecular weight excluding hydrogens is 418 g/mol. The van der Waals surface area contributed by atoms with Gasteiger partial charge < -0.3 is 0 Å².